The van der Waals surface area contributed by atoms with Gasteiger partial charge in [0.2, 0.25) is 5.91 Å². The van der Waals surface area contributed by atoms with E-state index in [2.05, 4.69) is 5.32 Å². The molecule has 1 amide bonds. The van der Waals surface area contributed by atoms with E-state index in [9.17, 15) is 14.7 Å². The van der Waals surface area contributed by atoms with Crippen molar-refractivity contribution in [3.63, 3.8) is 0 Å². The summed E-state index contributed by atoms with van der Waals surface area (Å²) in [5, 5.41) is 13.4. The first-order valence-electron chi connectivity index (χ1n) is 5.84. The average molecular weight is 284 g/mol. The van der Waals surface area contributed by atoms with Crippen molar-refractivity contribution >= 4 is 17.6 Å². The second-order valence-electron chi connectivity index (χ2n) is 4.47. The number of benzene rings is 1. The zero-order chi connectivity index (χ0) is 14.4. The SMILES string of the molecule is Cc1cc(C(=O)[O-])ccc1NC(=O)/C=C/CN(C)C.[Na+]. The quantitative estimate of drug-likeness (QED) is 0.476. The second kappa shape index (κ2) is 8.92. The Morgan fingerprint density at radius 2 is 2.00 bits per heavy atom. The van der Waals surface area contributed by atoms with E-state index in [1.165, 1.54) is 18.2 Å². The molecule has 1 aromatic carbocycles. The van der Waals surface area contributed by atoms with Gasteiger partial charge in [-0.15, -0.1) is 0 Å². The van der Waals surface area contributed by atoms with Gasteiger partial charge in [0.05, 0.1) is 5.97 Å². The number of aromatic carboxylic acids is 1. The fourth-order valence-corrected chi connectivity index (χ4v) is 1.48. The normalized spacial score (nSPS) is 10.4. The molecular formula is C14H17N2NaO3. The van der Waals surface area contributed by atoms with Crippen LogP contribution in [0.2, 0.25) is 0 Å². The minimum Gasteiger partial charge on any atom is -0.545 e. The number of rotatable bonds is 5. The Morgan fingerprint density at radius 1 is 1.35 bits per heavy atom. The van der Waals surface area contributed by atoms with Crippen LogP contribution in [0.1, 0.15) is 15.9 Å². The van der Waals surface area contributed by atoms with Gasteiger partial charge in [0, 0.05) is 18.3 Å². The first-order chi connectivity index (χ1) is 8.90. The maximum Gasteiger partial charge on any atom is 1.00 e. The van der Waals surface area contributed by atoms with E-state index in [1.54, 1.807) is 19.1 Å². The summed E-state index contributed by atoms with van der Waals surface area (Å²) in [6, 6.07) is 4.42. The van der Waals surface area contributed by atoms with Crippen molar-refractivity contribution in [3.8, 4) is 0 Å². The van der Waals surface area contributed by atoms with E-state index in [4.69, 9.17) is 0 Å². The molecule has 0 radical (unpaired) electrons. The van der Waals surface area contributed by atoms with Crippen LogP contribution in [0.4, 0.5) is 5.69 Å². The molecule has 1 aromatic rings. The van der Waals surface area contributed by atoms with Gasteiger partial charge in [0.15, 0.2) is 0 Å². The molecule has 0 spiro atoms. The zero-order valence-electron chi connectivity index (χ0n) is 12.3. The summed E-state index contributed by atoms with van der Waals surface area (Å²) in [5.41, 5.74) is 1.36. The smallest absolute Gasteiger partial charge is 0.545 e. The van der Waals surface area contributed by atoms with Gasteiger partial charge in [0.25, 0.3) is 0 Å². The van der Waals surface area contributed by atoms with Crippen LogP contribution < -0.4 is 40.0 Å². The number of likely N-dealkylation sites (N-methyl/N-ethyl adjacent to an activating group) is 1. The number of carboxylic acid groups (broad SMARTS) is 1. The van der Waals surface area contributed by atoms with Crippen molar-refractivity contribution < 1.29 is 44.3 Å². The standard InChI is InChI=1S/C14H18N2O3.Na/c1-10-9-11(14(18)19)6-7-12(10)15-13(17)5-4-8-16(2)3;/h4-7,9H,8H2,1-3H3,(H,15,17)(H,18,19);/q;+1/p-1/b5-4+;. The first kappa shape index (κ1) is 18.9. The molecule has 1 rings (SSSR count). The second-order valence-corrected chi connectivity index (χ2v) is 4.47. The summed E-state index contributed by atoms with van der Waals surface area (Å²) in [4.78, 5) is 24.2. The molecule has 20 heavy (non-hydrogen) atoms. The first-order valence-corrected chi connectivity index (χ1v) is 5.84. The van der Waals surface area contributed by atoms with Gasteiger partial charge in [-0.3, -0.25) is 4.79 Å². The van der Waals surface area contributed by atoms with E-state index >= 15 is 0 Å². The number of carboxylic acids is 1. The molecule has 0 bridgehead atoms. The Hall–Kier alpha value is -1.14. The number of nitrogens with one attached hydrogen (secondary N) is 1. The van der Waals surface area contributed by atoms with Gasteiger partial charge < -0.3 is 20.1 Å². The summed E-state index contributed by atoms with van der Waals surface area (Å²) in [6.45, 7) is 2.40. The molecule has 0 heterocycles. The summed E-state index contributed by atoms with van der Waals surface area (Å²) >= 11 is 0. The van der Waals surface area contributed by atoms with Crippen LogP contribution >= 0.6 is 0 Å². The number of hydrogen-bond donors (Lipinski definition) is 1. The molecule has 0 unspecified atom stereocenters. The zero-order valence-corrected chi connectivity index (χ0v) is 14.3. The molecule has 1 N–H and O–H groups in total. The molecule has 6 heteroatoms. The molecule has 0 atom stereocenters. The summed E-state index contributed by atoms with van der Waals surface area (Å²) in [6.07, 6.45) is 3.20. The largest absolute Gasteiger partial charge is 1.00 e. The molecular weight excluding hydrogens is 267 g/mol. The molecule has 5 nitrogen and oxygen atoms in total. The Balaban J connectivity index is 0.00000361. The van der Waals surface area contributed by atoms with Crippen LogP contribution in [0, 0.1) is 6.92 Å². The van der Waals surface area contributed by atoms with E-state index in [0.717, 1.165) is 0 Å². The van der Waals surface area contributed by atoms with Crippen molar-refractivity contribution in [3.05, 3.63) is 41.5 Å². The number of nitrogens with zero attached hydrogens (tertiary/aromatic N) is 1. The van der Waals surface area contributed by atoms with Crippen molar-refractivity contribution in [2.75, 3.05) is 26.0 Å². The summed E-state index contributed by atoms with van der Waals surface area (Å²) in [7, 11) is 3.82. The Kier molecular flexibility index (Phi) is 8.41. The van der Waals surface area contributed by atoms with E-state index in [0.29, 0.717) is 17.8 Å². The van der Waals surface area contributed by atoms with Crippen LogP contribution in [0.3, 0.4) is 0 Å². The number of carbonyl (C=O) groups is 2. The number of amides is 1. The van der Waals surface area contributed by atoms with Gasteiger partial charge in [-0.05, 0) is 44.3 Å². The van der Waals surface area contributed by atoms with Crippen molar-refractivity contribution in [2.24, 2.45) is 0 Å². The van der Waals surface area contributed by atoms with Gasteiger partial charge in [-0.1, -0.05) is 12.1 Å². The average Bonchev–Trinajstić information content (AvgIpc) is 2.31. The van der Waals surface area contributed by atoms with Gasteiger partial charge >= 0.3 is 29.6 Å². The summed E-state index contributed by atoms with van der Waals surface area (Å²) in [5.74, 6) is -1.47. The van der Waals surface area contributed by atoms with E-state index in [1.807, 2.05) is 19.0 Å². The number of carbonyl (C=O) groups excluding carboxylic acids is 2. The fraction of sp³-hybridized carbons (Fsp3) is 0.286. The number of anilines is 1. The van der Waals surface area contributed by atoms with E-state index in [-0.39, 0.29) is 41.0 Å². The molecule has 0 aliphatic carbocycles. The van der Waals surface area contributed by atoms with Crippen LogP contribution in [0.15, 0.2) is 30.4 Å². The molecule has 0 aromatic heterocycles. The summed E-state index contributed by atoms with van der Waals surface area (Å²) < 4.78 is 0. The van der Waals surface area contributed by atoms with Gasteiger partial charge in [-0.25, -0.2) is 0 Å². The molecule has 0 saturated heterocycles. The monoisotopic (exact) mass is 284 g/mol. The predicted molar refractivity (Wildman–Crippen MR) is 71.8 cm³/mol. The maximum absolute atomic E-state index is 11.6. The van der Waals surface area contributed by atoms with Crippen LogP contribution in [-0.2, 0) is 4.79 Å². The fourth-order valence-electron chi connectivity index (χ4n) is 1.48. The molecule has 0 fully saturated rings. The predicted octanol–water partition coefficient (Wildman–Crippen LogP) is -2.58. The van der Waals surface area contributed by atoms with Gasteiger partial charge in [0.1, 0.15) is 0 Å². The Morgan fingerprint density at radius 3 is 2.50 bits per heavy atom. The Bertz CT molecular complexity index is 513. The maximum atomic E-state index is 11.6. The third-order valence-corrected chi connectivity index (χ3v) is 2.46. The van der Waals surface area contributed by atoms with Crippen molar-refractivity contribution in [2.45, 2.75) is 6.92 Å². The molecule has 102 valence electrons. The third kappa shape index (κ3) is 6.34. The molecule has 0 aliphatic rings. The van der Waals surface area contributed by atoms with Crippen molar-refractivity contribution in [1.82, 2.24) is 4.90 Å². The van der Waals surface area contributed by atoms with Crippen LogP contribution in [-0.4, -0.2) is 37.4 Å². The number of hydrogen-bond acceptors (Lipinski definition) is 4. The van der Waals surface area contributed by atoms with E-state index < -0.39 is 5.97 Å². The number of aryl methyl sites for hydroxylation is 1. The topological polar surface area (TPSA) is 72.5 Å². The van der Waals surface area contributed by atoms with Crippen molar-refractivity contribution in [1.29, 1.82) is 0 Å². The Labute approximate surface area is 141 Å². The van der Waals surface area contributed by atoms with Gasteiger partial charge in [-0.2, -0.15) is 0 Å². The minimum absolute atomic E-state index is 0. The molecule has 0 saturated carbocycles. The minimum atomic E-state index is -1.23. The molecule has 0 aliphatic heterocycles. The van der Waals surface area contributed by atoms with Crippen LogP contribution in [0.25, 0.3) is 0 Å². The third-order valence-electron chi connectivity index (χ3n) is 2.46. The van der Waals surface area contributed by atoms with Crippen LogP contribution in [0.5, 0.6) is 0 Å².